The zero-order valence-electron chi connectivity index (χ0n) is 12.6. The first-order valence-electron chi connectivity index (χ1n) is 6.95. The standard InChI is InChI=1S/C17H18ClFN2O/c1-12(22)21(2)11-13-5-3-7-15(9-13)20-10-14-6-4-8-16(18)17(14)19/h3-9,20H,10-11H2,1-2H3. The largest absolute Gasteiger partial charge is 0.381 e. The molecule has 0 saturated carbocycles. The molecule has 0 aromatic heterocycles. The molecule has 0 unspecified atom stereocenters. The van der Waals surface area contributed by atoms with E-state index in [1.54, 1.807) is 24.1 Å². The first-order valence-corrected chi connectivity index (χ1v) is 7.32. The van der Waals surface area contributed by atoms with Gasteiger partial charge < -0.3 is 10.2 Å². The zero-order chi connectivity index (χ0) is 16.1. The molecule has 1 amide bonds. The van der Waals surface area contributed by atoms with Gasteiger partial charge in [-0.15, -0.1) is 0 Å². The number of halogens is 2. The van der Waals surface area contributed by atoms with Gasteiger partial charge in [-0.25, -0.2) is 4.39 Å². The number of nitrogens with zero attached hydrogens (tertiary/aromatic N) is 1. The smallest absolute Gasteiger partial charge is 0.219 e. The average molecular weight is 321 g/mol. The van der Waals surface area contributed by atoms with Gasteiger partial charge in [0.15, 0.2) is 0 Å². The summed E-state index contributed by atoms with van der Waals surface area (Å²) in [6.45, 7) is 2.42. The molecule has 0 spiro atoms. The van der Waals surface area contributed by atoms with E-state index in [2.05, 4.69) is 5.32 Å². The number of carbonyl (C=O) groups excluding carboxylic acids is 1. The summed E-state index contributed by atoms with van der Waals surface area (Å²) in [6, 6.07) is 12.6. The van der Waals surface area contributed by atoms with Crippen molar-refractivity contribution in [2.75, 3.05) is 12.4 Å². The molecule has 1 N–H and O–H groups in total. The molecule has 0 heterocycles. The molecule has 0 aliphatic heterocycles. The molecule has 2 rings (SSSR count). The third-order valence-corrected chi connectivity index (χ3v) is 3.69. The molecule has 0 radical (unpaired) electrons. The van der Waals surface area contributed by atoms with Gasteiger partial charge in [0.2, 0.25) is 5.91 Å². The van der Waals surface area contributed by atoms with Crippen LogP contribution in [0.2, 0.25) is 5.02 Å². The van der Waals surface area contributed by atoms with E-state index in [0.717, 1.165) is 11.3 Å². The summed E-state index contributed by atoms with van der Waals surface area (Å²) in [4.78, 5) is 12.9. The fourth-order valence-corrected chi connectivity index (χ4v) is 2.24. The van der Waals surface area contributed by atoms with E-state index in [0.29, 0.717) is 18.7 Å². The number of nitrogens with one attached hydrogen (secondary N) is 1. The van der Waals surface area contributed by atoms with Crippen molar-refractivity contribution in [1.82, 2.24) is 4.90 Å². The van der Waals surface area contributed by atoms with Crippen molar-refractivity contribution >= 4 is 23.2 Å². The van der Waals surface area contributed by atoms with Gasteiger partial charge in [-0.2, -0.15) is 0 Å². The number of anilines is 1. The highest BCUT2D eigenvalue weighted by Crippen LogP contribution is 2.19. The Morgan fingerprint density at radius 2 is 2.00 bits per heavy atom. The SMILES string of the molecule is CC(=O)N(C)Cc1cccc(NCc2cccc(Cl)c2F)c1. The number of carbonyl (C=O) groups is 1. The number of hydrogen-bond acceptors (Lipinski definition) is 2. The molecular formula is C17H18ClFN2O. The maximum atomic E-state index is 13.8. The Morgan fingerprint density at radius 3 is 2.73 bits per heavy atom. The van der Waals surface area contributed by atoms with Crippen molar-refractivity contribution in [2.45, 2.75) is 20.0 Å². The minimum Gasteiger partial charge on any atom is -0.381 e. The van der Waals surface area contributed by atoms with E-state index < -0.39 is 5.82 Å². The van der Waals surface area contributed by atoms with Crippen LogP contribution in [0.25, 0.3) is 0 Å². The first kappa shape index (κ1) is 16.3. The van der Waals surface area contributed by atoms with Crippen LogP contribution in [0.4, 0.5) is 10.1 Å². The van der Waals surface area contributed by atoms with Crippen LogP contribution in [-0.2, 0) is 17.9 Å². The first-order chi connectivity index (χ1) is 10.5. The van der Waals surface area contributed by atoms with Crippen LogP contribution in [-0.4, -0.2) is 17.9 Å². The number of hydrogen-bond donors (Lipinski definition) is 1. The van der Waals surface area contributed by atoms with E-state index in [1.807, 2.05) is 24.3 Å². The molecule has 0 aliphatic carbocycles. The van der Waals surface area contributed by atoms with Crippen molar-refractivity contribution < 1.29 is 9.18 Å². The van der Waals surface area contributed by atoms with Crippen molar-refractivity contribution in [1.29, 1.82) is 0 Å². The monoisotopic (exact) mass is 320 g/mol. The Kier molecular flexibility index (Phi) is 5.39. The highest BCUT2D eigenvalue weighted by atomic mass is 35.5. The number of benzene rings is 2. The van der Waals surface area contributed by atoms with Crippen LogP contribution in [0.1, 0.15) is 18.1 Å². The third-order valence-electron chi connectivity index (χ3n) is 3.40. The molecule has 0 saturated heterocycles. The van der Waals surface area contributed by atoms with Crippen molar-refractivity contribution in [3.63, 3.8) is 0 Å². The Labute approximate surface area is 134 Å². The van der Waals surface area contributed by atoms with E-state index in [4.69, 9.17) is 11.6 Å². The van der Waals surface area contributed by atoms with Gasteiger partial charge in [0, 0.05) is 38.3 Å². The summed E-state index contributed by atoms with van der Waals surface area (Å²) >= 11 is 5.77. The molecule has 0 bridgehead atoms. The summed E-state index contributed by atoms with van der Waals surface area (Å²) in [6.07, 6.45) is 0. The fraction of sp³-hybridized carbons (Fsp3) is 0.235. The Hall–Kier alpha value is -2.07. The van der Waals surface area contributed by atoms with Crippen LogP contribution in [0.5, 0.6) is 0 Å². The molecule has 3 nitrogen and oxygen atoms in total. The maximum absolute atomic E-state index is 13.8. The van der Waals surface area contributed by atoms with Gasteiger partial charge >= 0.3 is 0 Å². The van der Waals surface area contributed by atoms with Crippen LogP contribution in [0.15, 0.2) is 42.5 Å². The number of rotatable bonds is 5. The normalized spacial score (nSPS) is 10.4. The average Bonchev–Trinajstić information content (AvgIpc) is 2.49. The van der Waals surface area contributed by atoms with E-state index >= 15 is 0 Å². The Morgan fingerprint density at radius 1 is 1.27 bits per heavy atom. The van der Waals surface area contributed by atoms with E-state index in [1.165, 1.54) is 13.0 Å². The summed E-state index contributed by atoms with van der Waals surface area (Å²) in [5, 5.41) is 3.29. The van der Waals surface area contributed by atoms with Crippen LogP contribution in [0.3, 0.4) is 0 Å². The summed E-state index contributed by atoms with van der Waals surface area (Å²) in [7, 11) is 1.75. The molecule has 116 valence electrons. The third kappa shape index (κ3) is 4.21. The minimum absolute atomic E-state index is 0.0133. The second-order valence-corrected chi connectivity index (χ2v) is 5.55. The van der Waals surface area contributed by atoms with Crippen LogP contribution >= 0.6 is 11.6 Å². The van der Waals surface area contributed by atoms with Gasteiger partial charge in [0.25, 0.3) is 0 Å². The Balaban J connectivity index is 2.04. The molecule has 5 heteroatoms. The molecule has 2 aromatic carbocycles. The lowest BCUT2D eigenvalue weighted by Crippen LogP contribution is -2.23. The Bertz CT molecular complexity index is 675. The van der Waals surface area contributed by atoms with Gasteiger partial charge in [0.1, 0.15) is 5.82 Å². The quantitative estimate of drug-likeness (QED) is 0.900. The highest BCUT2D eigenvalue weighted by Gasteiger charge is 2.07. The maximum Gasteiger partial charge on any atom is 0.219 e. The summed E-state index contributed by atoms with van der Waals surface area (Å²) in [5.74, 6) is -0.386. The lowest BCUT2D eigenvalue weighted by Gasteiger charge is -2.16. The lowest BCUT2D eigenvalue weighted by atomic mass is 10.1. The second-order valence-electron chi connectivity index (χ2n) is 5.14. The zero-order valence-corrected chi connectivity index (χ0v) is 13.3. The predicted octanol–water partition coefficient (Wildman–Crippen LogP) is 4.07. The van der Waals surface area contributed by atoms with Gasteiger partial charge in [-0.3, -0.25) is 4.79 Å². The molecule has 22 heavy (non-hydrogen) atoms. The molecular weight excluding hydrogens is 303 g/mol. The summed E-state index contributed by atoms with van der Waals surface area (Å²) < 4.78 is 13.8. The molecule has 0 atom stereocenters. The fourth-order valence-electron chi connectivity index (χ4n) is 2.05. The lowest BCUT2D eigenvalue weighted by molar-refractivity contribution is -0.128. The molecule has 2 aromatic rings. The van der Waals surface area contributed by atoms with Crippen molar-refractivity contribution in [2.24, 2.45) is 0 Å². The number of amides is 1. The second kappa shape index (κ2) is 7.27. The van der Waals surface area contributed by atoms with Gasteiger partial charge in [-0.1, -0.05) is 35.9 Å². The summed E-state index contributed by atoms with van der Waals surface area (Å²) in [5.41, 5.74) is 2.39. The molecule has 0 fully saturated rings. The van der Waals surface area contributed by atoms with Crippen molar-refractivity contribution in [3.05, 3.63) is 64.4 Å². The van der Waals surface area contributed by atoms with E-state index in [-0.39, 0.29) is 10.9 Å². The van der Waals surface area contributed by atoms with Crippen molar-refractivity contribution in [3.8, 4) is 0 Å². The van der Waals surface area contributed by atoms with Crippen LogP contribution in [0, 0.1) is 5.82 Å². The van der Waals surface area contributed by atoms with Crippen LogP contribution < -0.4 is 5.32 Å². The topological polar surface area (TPSA) is 32.3 Å². The van der Waals surface area contributed by atoms with Gasteiger partial charge in [0.05, 0.1) is 5.02 Å². The van der Waals surface area contributed by atoms with E-state index in [9.17, 15) is 9.18 Å². The predicted molar refractivity (Wildman–Crippen MR) is 87.3 cm³/mol. The van der Waals surface area contributed by atoms with Gasteiger partial charge in [-0.05, 0) is 23.8 Å². The highest BCUT2D eigenvalue weighted by molar-refractivity contribution is 6.30. The molecule has 0 aliphatic rings. The minimum atomic E-state index is -0.399.